The first-order valence-corrected chi connectivity index (χ1v) is 8.43. The Bertz CT molecular complexity index is 674. The van der Waals surface area contributed by atoms with Gasteiger partial charge in [0.1, 0.15) is 6.04 Å². The molecule has 0 bridgehead atoms. The highest BCUT2D eigenvalue weighted by Gasteiger charge is 2.32. The van der Waals surface area contributed by atoms with Crippen molar-refractivity contribution in [2.45, 2.75) is 25.3 Å². The van der Waals surface area contributed by atoms with Crippen LogP contribution in [0.3, 0.4) is 0 Å². The van der Waals surface area contributed by atoms with Gasteiger partial charge in [-0.3, -0.25) is 14.4 Å². The maximum atomic E-state index is 12.8. The maximum absolute atomic E-state index is 12.8. The van der Waals surface area contributed by atoms with Crippen molar-refractivity contribution >= 4 is 17.8 Å². The molecule has 9 nitrogen and oxygen atoms in total. The molecule has 1 aromatic heterocycles. The Labute approximate surface area is 145 Å². The van der Waals surface area contributed by atoms with Gasteiger partial charge in [-0.25, -0.2) is 9.97 Å². The van der Waals surface area contributed by atoms with Crippen molar-refractivity contribution < 1.29 is 19.5 Å². The fraction of sp³-hybridized carbons (Fsp3) is 0.562. The van der Waals surface area contributed by atoms with Crippen LogP contribution in [0, 0.1) is 0 Å². The molecule has 1 aromatic rings. The number of carboxylic acids is 1. The smallest absolute Gasteiger partial charge is 0.322 e. The number of aliphatic carboxylic acids is 1. The van der Waals surface area contributed by atoms with Crippen LogP contribution in [0.15, 0.2) is 12.4 Å². The molecule has 0 spiro atoms. The molecule has 1 atom stereocenters. The molecule has 0 unspecified atom stereocenters. The van der Waals surface area contributed by atoms with Gasteiger partial charge in [0.05, 0.1) is 0 Å². The number of amides is 2. The number of likely N-dealkylation sites (tertiary alicyclic amines) is 1. The van der Waals surface area contributed by atoms with E-state index in [0.717, 1.165) is 19.3 Å². The number of aromatic nitrogens is 2. The van der Waals surface area contributed by atoms with Gasteiger partial charge >= 0.3 is 5.97 Å². The summed E-state index contributed by atoms with van der Waals surface area (Å²) >= 11 is 0. The maximum Gasteiger partial charge on any atom is 0.322 e. The van der Waals surface area contributed by atoms with Gasteiger partial charge in [-0.2, -0.15) is 0 Å². The molecule has 0 aromatic carbocycles. The first kappa shape index (κ1) is 17.3. The number of piperazine rings is 1. The molecule has 2 fully saturated rings. The lowest BCUT2D eigenvalue weighted by Crippen LogP contribution is -2.56. The fourth-order valence-electron chi connectivity index (χ4n) is 3.15. The Morgan fingerprint density at radius 1 is 0.960 bits per heavy atom. The summed E-state index contributed by atoms with van der Waals surface area (Å²) in [5.74, 6) is -1.76. The Balaban J connectivity index is 1.81. The fourth-order valence-corrected chi connectivity index (χ4v) is 3.15. The highest BCUT2D eigenvalue weighted by molar-refractivity contribution is 6.04. The van der Waals surface area contributed by atoms with Gasteiger partial charge in [0.2, 0.25) is 0 Å². The van der Waals surface area contributed by atoms with E-state index in [1.54, 1.807) is 4.90 Å². The third-order valence-electron chi connectivity index (χ3n) is 4.51. The number of hydrogen-bond acceptors (Lipinski definition) is 6. The van der Waals surface area contributed by atoms with Gasteiger partial charge in [0.15, 0.2) is 11.4 Å². The molecule has 2 aliphatic rings. The number of nitrogens with zero attached hydrogens (tertiary/aromatic N) is 4. The third kappa shape index (κ3) is 3.76. The number of hydrogen-bond donors (Lipinski definition) is 2. The van der Waals surface area contributed by atoms with Crippen LogP contribution in [0.25, 0.3) is 0 Å². The van der Waals surface area contributed by atoms with Gasteiger partial charge in [-0.15, -0.1) is 0 Å². The van der Waals surface area contributed by atoms with Crippen molar-refractivity contribution in [1.29, 1.82) is 0 Å². The summed E-state index contributed by atoms with van der Waals surface area (Å²) in [7, 11) is 0. The molecule has 0 aliphatic carbocycles. The van der Waals surface area contributed by atoms with Crippen molar-refractivity contribution in [3.05, 3.63) is 23.8 Å². The molecule has 2 N–H and O–H groups in total. The average molecular weight is 347 g/mol. The molecule has 3 rings (SSSR count). The molecular weight excluding hydrogens is 326 g/mol. The normalized spacial score (nSPS) is 21.0. The van der Waals surface area contributed by atoms with Crippen LogP contribution >= 0.6 is 0 Å². The Hall–Kier alpha value is -2.55. The molecule has 2 saturated heterocycles. The minimum atomic E-state index is -1.01. The van der Waals surface area contributed by atoms with Crippen LogP contribution in [0.2, 0.25) is 0 Å². The zero-order valence-corrected chi connectivity index (χ0v) is 13.8. The highest BCUT2D eigenvalue weighted by atomic mass is 16.4. The first-order valence-electron chi connectivity index (χ1n) is 8.43. The largest absolute Gasteiger partial charge is 0.480 e. The van der Waals surface area contributed by atoms with Crippen LogP contribution in [0.4, 0.5) is 0 Å². The van der Waals surface area contributed by atoms with E-state index in [-0.39, 0.29) is 23.8 Å². The van der Waals surface area contributed by atoms with Crippen LogP contribution < -0.4 is 5.32 Å². The lowest BCUT2D eigenvalue weighted by Gasteiger charge is -2.32. The van der Waals surface area contributed by atoms with Gasteiger partial charge < -0.3 is 20.2 Å². The lowest BCUT2D eigenvalue weighted by atomic mass is 10.1. The summed E-state index contributed by atoms with van der Waals surface area (Å²) < 4.78 is 0. The quantitative estimate of drug-likeness (QED) is 0.764. The first-order chi connectivity index (χ1) is 12.1. The second-order valence-corrected chi connectivity index (χ2v) is 6.20. The van der Waals surface area contributed by atoms with Crippen LogP contribution in [0.1, 0.15) is 40.2 Å². The molecule has 2 amide bonds. The number of carbonyl (C=O) groups excluding carboxylic acids is 2. The van der Waals surface area contributed by atoms with Crippen LogP contribution in [0.5, 0.6) is 0 Å². The summed E-state index contributed by atoms with van der Waals surface area (Å²) in [6.07, 6.45) is 5.73. The Kier molecular flexibility index (Phi) is 5.22. The van der Waals surface area contributed by atoms with E-state index in [4.69, 9.17) is 5.11 Å². The van der Waals surface area contributed by atoms with E-state index in [1.165, 1.54) is 17.3 Å². The number of carbonyl (C=O) groups is 3. The summed E-state index contributed by atoms with van der Waals surface area (Å²) in [6, 6.07) is -0.824. The monoisotopic (exact) mass is 347 g/mol. The standard InChI is InChI=1S/C16H21N5O4/c22-14(20-7-2-1-3-8-20)12-13(19-5-4-18-12)15(23)21-9-6-17-11(10-21)16(24)25/h4-5,11,17H,1-3,6-10H2,(H,24,25)/t11-/m1/s1. The average Bonchev–Trinajstić information content (AvgIpc) is 2.67. The van der Waals surface area contributed by atoms with E-state index in [0.29, 0.717) is 26.2 Å². The van der Waals surface area contributed by atoms with Gasteiger partial charge in [-0.05, 0) is 19.3 Å². The second-order valence-electron chi connectivity index (χ2n) is 6.20. The molecule has 0 radical (unpaired) electrons. The van der Waals surface area contributed by atoms with Crippen molar-refractivity contribution in [2.75, 3.05) is 32.7 Å². The molecule has 2 aliphatic heterocycles. The predicted octanol–water partition coefficient (Wildman–Crippen LogP) is -0.399. The third-order valence-corrected chi connectivity index (χ3v) is 4.51. The van der Waals surface area contributed by atoms with E-state index >= 15 is 0 Å². The molecule has 25 heavy (non-hydrogen) atoms. The molecular formula is C16H21N5O4. The number of carboxylic acid groups (broad SMARTS) is 1. The minimum Gasteiger partial charge on any atom is -0.480 e. The zero-order chi connectivity index (χ0) is 17.8. The molecule has 3 heterocycles. The number of rotatable bonds is 3. The van der Waals surface area contributed by atoms with Gasteiger partial charge in [0, 0.05) is 45.1 Å². The number of piperidine rings is 1. The minimum absolute atomic E-state index is 0.0101. The zero-order valence-electron chi connectivity index (χ0n) is 13.8. The lowest BCUT2D eigenvalue weighted by molar-refractivity contribution is -0.140. The Morgan fingerprint density at radius 2 is 1.56 bits per heavy atom. The van der Waals surface area contributed by atoms with Crippen molar-refractivity contribution in [1.82, 2.24) is 25.1 Å². The number of nitrogens with one attached hydrogen (secondary N) is 1. The van der Waals surface area contributed by atoms with Crippen LogP contribution in [-0.2, 0) is 4.79 Å². The predicted molar refractivity (Wildman–Crippen MR) is 87.1 cm³/mol. The van der Waals surface area contributed by atoms with E-state index in [9.17, 15) is 14.4 Å². The van der Waals surface area contributed by atoms with Crippen LogP contribution in [-0.4, -0.2) is 81.4 Å². The van der Waals surface area contributed by atoms with E-state index in [2.05, 4.69) is 15.3 Å². The van der Waals surface area contributed by atoms with Gasteiger partial charge in [0.25, 0.3) is 11.8 Å². The molecule has 134 valence electrons. The van der Waals surface area contributed by atoms with E-state index in [1.807, 2.05) is 0 Å². The van der Waals surface area contributed by atoms with Gasteiger partial charge in [-0.1, -0.05) is 0 Å². The van der Waals surface area contributed by atoms with Crippen molar-refractivity contribution in [2.24, 2.45) is 0 Å². The summed E-state index contributed by atoms with van der Waals surface area (Å²) in [5, 5.41) is 12.0. The highest BCUT2D eigenvalue weighted by Crippen LogP contribution is 2.15. The van der Waals surface area contributed by atoms with E-state index < -0.39 is 17.9 Å². The summed E-state index contributed by atoms with van der Waals surface area (Å²) in [5.41, 5.74) is 0.0314. The molecule has 0 saturated carbocycles. The summed E-state index contributed by atoms with van der Waals surface area (Å²) in [4.78, 5) is 48.0. The SMILES string of the molecule is O=C(O)[C@H]1CN(C(=O)c2nccnc2C(=O)N2CCCCC2)CCN1. The molecule has 9 heteroatoms. The second kappa shape index (κ2) is 7.56. The Morgan fingerprint density at radius 3 is 2.16 bits per heavy atom. The topological polar surface area (TPSA) is 116 Å². The summed E-state index contributed by atoms with van der Waals surface area (Å²) in [6.45, 7) is 2.06. The van der Waals surface area contributed by atoms with Crippen molar-refractivity contribution in [3.8, 4) is 0 Å². The van der Waals surface area contributed by atoms with Crippen molar-refractivity contribution in [3.63, 3.8) is 0 Å².